The van der Waals surface area contributed by atoms with Gasteiger partial charge in [-0.2, -0.15) is 0 Å². The molecular formula is C22H27FN4O2S. The number of aromatic nitrogens is 1. The molecule has 0 saturated heterocycles. The molecule has 30 heavy (non-hydrogen) atoms. The highest BCUT2D eigenvalue weighted by atomic mass is 32.2. The van der Waals surface area contributed by atoms with Crippen molar-refractivity contribution in [1.82, 2.24) is 9.29 Å². The summed E-state index contributed by atoms with van der Waals surface area (Å²) in [5.74, 6) is 0.176. The fraction of sp³-hybridized carbons (Fsp3) is 0.455. The molecule has 1 aromatic carbocycles. The van der Waals surface area contributed by atoms with Gasteiger partial charge in [-0.3, -0.25) is 0 Å². The van der Waals surface area contributed by atoms with Crippen molar-refractivity contribution in [2.75, 3.05) is 0 Å². The zero-order chi connectivity index (χ0) is 21.3. The van der Waals surface area contributed by atoms with Gasteiger partial charge in [-0.05, 0) is 51.0 Å². The van der Waals surface area contributed by atoms with Crippen LogP contribution in [0.1, 0.15) is 64.1 Å². The Morgan fingerprint density at radius 3 is 2.67 bits per heavy atom. The average molecular weight is 431 g/mol. The molecule has 0 unspecified atom stereocenters. The molecule has 8 heteroatoms. The molecule has 2 aliphatic rings. The Hall–Kier alpha value is -2.32. The molecule has 1 aromatic heterocycles. The van der Waals surface area contributed by atoms with E-state index in [9.17, 15) is 12.8 Å². The van der Waals surface area contributed by atoms with Crippen LogP contribution in [0.2, 0.25) is 0 Å². The summed E-state index contributed by atoms with van der Waals surface area (Å²) in [5.41, 5.74) is 1.63. The van der Waals surface area contributed by atoms with E-state index in [-0.39, 0.29) is 29.2 Å². The largest absolute Gasteiger partial charge is 0.335 e. The standard InChI is InChI=1S/C22H27FN4O2S/c1-15(2)26-30(28,29)19-10-11-24-22(25-14-19)21-12-16-8-9-17(23)13-20(16)27(21)18-6-4-3-5-7-18/h8-9,11-15,18,26H,3-7,10H2,1-2H3. The summed E-state index contributed by atoms with van der Waals surface area (Å²) in [6.45, 7) is 3.55. The number of fused-ring (bicyclic) bond motifs is 1. The van der Waals surface area contributed by atoms with Crippen molar-refractivity contribution in [3.63, 3.8) is 0 Å². The zero-order valence-corrected chi connectivity index (χ0v) is 18.1. The molecule has 0 spiro atoms. The molecule has 0 amide bonds. The van der Waals surface area contributed by atoms with Crippen LogP contribution in [0.15, 0.2) is 45.4 Å². The quantitative estimate of drug-likeness (QED) is 0.748. The number of hydrogen-bond donors (Lipinski definition) is 1. The van der Waals surface area contributed by atoms with Crippen LogP contribution in [0.25, 0.3) is 10.9 Å². The minimum atomic E-state index is -3.62. The van der Waals surface area contributed by atoms with E-state index in [1.54, 1.807) is 32.2 Å². The van der Waals surface area contributed by atoms with Crippen LogP contribution in [0.4, 0.5) is 4.39 Å². The number of rotatable bonds is 5. The van der Waals surface area contributed by atoms with E-state index in [0.29, 0.717) is 5.84 Å². The van der Waals surface area contributed by atoms with Crippen LogP contribution in [0, 0.1) is 5.82 Å². The normalized spacial score (nSPS) is 18.5. The predicted molar refractivity (Wildman–Crippen MR) is 119 cm³/mol. The SMILES string of the molecule is CC(C)NS(=O)(=O)C1=CN=C(c2cc3ccc(F)cc3n2C2CCCCC2)N=CC1. The van der Waals surface area contributed by atoms with Crippen molar-refractivity contribution in [3.8, 4) is 0 Å². The van der Waals surface area contributed by atoms with Crippen LogP contribution < -0.4 is 4.72 Å². The van der Waals surface area contributed by atoms with E-state index in [2.05, 4.69) is 19.3 Å². The van der Waals surface area contributed by atoms with Gasteiger partial charge in [0.1, 0.15) is 5.82 Å². The first-order valence-corrected chi connectivity index (χ1v) is 12.0. The summed E-state index contributed by atoms with van der Waals surface area (Å²) in [4.78, 5) is 9.10. The van der Waals surface area contributed by atoms with Gasteiger partial charge in [-0.15, -0.1) is 0 Å². The van der Waals surface area contributed by atoms with E-state index in [4.69, 9.17) is 0 Å². The Kier molecular flexibility index (Phi) is 5.88. The number of nitrogens with one attached hydrogen (secondary N) is 1. The van der Waals surface area contributed by atoms with Gasteiger partial charge in [0.2, 0.25) is 10.0 Å². The maximum atomic E-state index is 14.0. The summed E-state index contributed by atoms with van der Waals surface area (Å²) in [6.07, 6.45) is 8.68. The van der Waals surface area contributed by atoms with Gasteiger partial charge < -0.3 is 4.57 Å². The Morgan fingerprint density at radius 1 is 1.17 bits per heavy atom. The van der Waals surface area contributed by atoms with Gasteiger partial charge in [0, 0.05) is 36.3 Å². The lowest BCUT2D eigenvalue weighted by atomic mass is 9.95. The molecular weight excluding hydrogens is 403 g/mol. The second-order valence-corrected chi connectivity index (χ2v) is 10.0. The molecule has 1 fully saturated rings. The van der Waals surface area contributed by atoms with Gasteiger partial charge in [0.05, 0.1) is 16.1 Å². The monoisotopic (exact) mass is 430 g/mol. The molecule has 4 rings (SSSR count). The highest BCUT2D eigenvalue weighted by molar-refractivity contribution is 7.93. The third-order valence-corrected chi connectivity index (χ3v) is 7.29. The van der Waals surface area contributed by atoms with E-state index < -0.39 is 10.0 Å². The molecule has 0 radical (unpaired) electrons. The number of aliphatic imine (C=N–C) groups is 2. The molecule has 1 aliphatic carbocycles. The lowest BCUT2D eigenvalue weighted by Gasteiger charge is -2.26. The maximum Gasteiger partial charge on any atom is 0.238 e. The van der Waals surface area contributed by atoms with E-state index in [1.807, 2.05) is 6.07 Å². The van der Waals surface area contributed by atoms with Crippen molar-refractivity contribution in [1.29, 1.82) is 0 Å². The maximum absolute atomic E-state index is 14.0. The smallest absolute Gasteiger partial charge is 0.238 e. The number of allylic oxidation sites excluding steroid dienone is 1. The minimum Gasteiger partial charge on any atom is -0.335 e. The summed E-state index contributed by atoms with van der Waals surface area (Å²) in [6, 6.07) is 6.81. The molecule has 1 saturated carbocycles. The summed E-state index contributed by atoms with van der Waals surface area (Å²) in [5, 5.41) is 0.928. The number of amidine groups is 1. The Bertz CT molecular complexity index is 1140. The zero-order valence-electron chi connectivity index (χ0n) is 17.3. The van der Waals surface area contributed by atoms with Gasteiger partial charge in [0.25, 0.3) is 0 Å². The van der Waals surface area contributed by atoms with Crippen molar-refractivity contribution < 1.29 is 12.8 Å². The second kappa shape index (κ2) is 8.43. The topological polar surface area (TPSA) is 75.8 Å². The minimum absolute atomic E-state index is 0.174. The summed E-state index contributed by atoms with van der Waals surface area (Å²) < 4.78 is 43.8. The lowest BCUT2D eigenvalue weighted by Crippen LogP contribution is -2.31. The molecule has 2 heterocycles. The van der Waals surface area contributed by atoms with Gasteiger partial charge in [-0.1, -0.05) is 19.3 Å². The number of hydrogen-bond acceptors (Lipinski definition) is 4. The molecule has 0 atom stereocenters. The Labute approximate surface area is 176 Å². The average Bonchev–Trinajstić information content (AvgIpc) is 2.88. The van der Waals surface area contributed by atoms with Gasteiger partial charge >= 0.3 is 0 Å². The fourth-order valence-corrected chi connectivity index (χ4v) is 5.50. The molecule has 0 bridgehead atoms. The summed E-state index contributed by atoms with van der Waals surface area (Å²) in [7, 11) is -3.62. The van der Waals surface area contributed by atoms with Crippen molar-refractivity contribution in [2.24, 2.45) is 9.98 Å². The fourth-order valence-electron chi connectivity index (χ4n) is 4.24. The van der Waals surface area contributed by atoms with Crippen LogP contribution in [-0.4, -0.2) is 31.1 Å². The molecule has 1 N–H and O–H groups in total. The van der Waals surface area contributed by atoms with Crippen LogP contribution in [-0.2, 0) is 10.0 Å². The van der Waals surface area contributed by atoms with Crippen molar-refractivity contribution in [2.45, 2.75) is 64.5 Å². The number of sulfonamides is 1. The third kappa shape index (κ3) is 4.25. The van der Waals surface area contributed by atoms with E-state index in [0.717, 1.165) is 42.3 Å². The lowest BCUT2D eigenvalue weighted by molar-refractivity contribution is 0.359. The van der Waals surface area contributed by atoms with Crippen LogP contribution >= 0.6 is 0 Å². The number of nitrogens with zero attached hydrogens (tertiary/aromatic N) is 3. The van der Waals surface area contributed by atoms with Crippen LogP contribution in [0.3, 0.4) is 0 Å². The summed E-state index contributed by atoms with van der Waals surface area (Å²) >= 11 is 0. The van der Waals surface area contributed by atoms with Gasteiger partial charge in [0.15, 0.2) is 5.84 Å². The first-order valence-electron chi connectivity index (χ1n) is 10.5. The highest BCUT2D eigenvalue weighted by Gasteiger charge is 2.24. The van der Waals surface area contributed by atoms with Gasteiger partial charge in [-0.25, -0.2) is 27.5 Å². The van der Waals surface area contributed by atoms with Crippen LogP contribution in [0.5, 0.6) is 0 Å². The molecule has 2 aromatic rings. The first kappa shape index (κ1) is 20.9. The molecule has 160 valence electrons. The first-order chi connectivity index (χ1) is 14.3. The van der Waals surface area contributed by atoms with Crippen molar-refractivity contribution >= 4 is 33.0 Å². The predicted octanol–water partition coefficient (Wildman–Crippen LogP) is 4.68. The van der Waals surface area contributed by atoms with E-state index in [1.165, 1.54) is 18.7 Å². The molecule has 1 aliphatic heterocycles. The van der Waals surface area contributed by atoms with Crippen molar-refractivity contribution in [3.05, 3.63) is 46.9 Å². The Balaban J connectivity index is 1.80. The molecule has 6 nitrogen and oxygen atoms in total. The highest BCUT2D eigenvalue weighted by Crippen LogP contribution is 2.34. The number of halogens is 1. The third-order valence-electron chi connectivity index (χ3n) is 5.55. The van der Waals surface area contributed by atoms with E-state index >= 15 is 0 Å². The Morgan fingerprint density at radius 2 is 1.93 bits per heavy atom. The second-order valence-electron chi connectivity index (χ2n) is 8.23. The number of benzene rings is 1.